The maximum atomic E-state index is 5.70. The minimum atomic E-state index is 1.08. The lowest BCUT2D eigenvalue weighted by molar-refractivity contribution is 1.01. The number of benzene rings is 1. The Labute approximate surface area is 97.0 Å². The van der Waals surface area contributed by atoms with Crippen molar-refractivity contribution >= 4 is 40.0 Å². The molecule has 0 saturated carbocycles. The Morgan fingerprint density at radius 1 is 1.54 bits per heavy atom. The highest BCUT2D eigenvalue weighted by molar-refractivity contribution is 14.1. The number of hydrogen-bond acceptors (Lipinski definition) is 3. The van der Waals surface area contributed by atoms with E-state index in [4.69, 9.17) is 5.84 Å². The SMILES string of the molecule is CCSc1cccc(N(C)N)c1I. The molecule has 0 aliphatic heterocycles. The molecule has 0 amide bonds. The maximum Gasteiger partial charge on any atom is 0.0658 e. The lowest BCUT2D eigenvalue weighted by Crippen LogP contribution is -2.25. The number of rotatable bonds is 3. The molecule has 0 aromatic heterocycles. The Bertz CT molecular complexity index is 289. The molecule has 0 radical (unpaired) electrons. The van der Waals surface area contributed by atoms with E-state index < -0.39 is 0 Å². The Hall–Kier alpha value is 0.0600. The molecule has 0 fully saturated rings. The average Bonchev–Trinajstić information content (AvgIpc) is 2.08. The number of halogens is 1. The fraction of sp³-hybridized carbons (Fsp3) is 0.333. The van der Waals surface area contributed by atoms with Gasteiger partial charge in [-0.25, -0.2) is 5.84 Å². The van der Waals surface area contributed by atoms with Crippen LogP contribution < -0.4 is 10.9 Å². The summed E-state index contributed by atoms with van der Waals surface area (Å²) in [7, 11) is 1.86. The molecule has 0 spiro atoms. The third kappa shape index (κ3) is 2.75. The second kappa shape index (κ2) is 5.07. The van der Waals surface area contributed by atoms with Gasteiger partial charge in [-0.3, -0.25) is 0 Å². The first-order valence-corrected chi connectivity index (χ1v) is 6.13. The van der Waals surface area contributed by atoms with E-state index in [-0.39, 0.29) is 0 Å². The van der Waals surface area contributed by atoms with Gasteiger partial charge in [0.05, 0.1) is 9.26 Å². The zero-order chi connectivity index (χ0) is 9.84. The molecule has 4 heteroatoms. The number of hydrazine groups is 1. The van der Waals surface area contributed by atoms with E-state index in [2.05, 4.69) is 35.6 Å². The summed E-state index contributed by atoms with van der Waals surface area (Å²) in [6.45, 7) is 2.15. The lowest BCUT2D eigenvalue weighted by Gasteiger charge is -2.15. The Morgan fingerprint density at radius 3 is 2.77 bits per heavy atom. The van der Waals surface area contributed by atoms with Crippen LogP contribution in [0.4, 0.5) is 5.69 Å². The van der Waals surface area contributed by atoms with Gasteiger partial charge in [0.25, 0.3) is 0 Å². The van der Waals surface area contributed by atoms with Crippen LogP contribution in [0.2, 0.25) is 0 Å². The molecule has 0 heterocycles. The van der Waals surface area contributed by atoms with Gasteiger partial charge in [-0.05, 0) is 40.5 Å². The zero-order valence-electron chi connectivity index (χ0n) is 7.75. The average molecular weight is 308 g/mol. The van der Waals surface area contributed by atoms with E-state index in [9.17, 15) is 0 Å². The summed E-state index contributed by atoms with van der Waals surface area (Å²) < 4.78 is 1.23. The van der Waals surface area contributed by atoms with Crippen LogP contribution in [0.1, 0.15) is 6.92 Å². The molecule has 72 valence electrons. The van der Waals surface area contributed by atoms with Crippen LogP contribution in [0, 0.1) is 3.57 Å². The Kier molecular flexibility index (Phi) is 4.34. The first-order chi connectivity index (χ1) is 6.16. The van der Waals surface area contributed by atoms with Crippen LogP contribution in [-0.2, 0) is 0 Å². The summed E-state index contributed by atoms with van der Waals surface area (Å²) in [5.74, 6) is 6.79. The third-order valence-electron chi connectivity index (χ3n) is 1.62. The monoisotopic (exact) mass is 308 g/mol. The quantitative estimate of drug-likeness (QED) is 0.403. The fourth-order valence-corrected chi connectivity index (χ4v) is 2.96. The summed E-state index contributed by atoms with van der Waals surface area (Å²) >= 11 is 4.18. The number of nitrogens with two attached hydrogens (primary N) is 1. The van der Waals surface area contributed by atoms with Crippen LogP contribution in [0.5, 0.6) is 0 Å². The molecule has 0 saturated heterocycles. The number of hydrogen-bond donors (Lipinski definition) is 1. The van der Waals surface area contributed by atoms with Gasteiger partial charge in [-0.15, -0.1) is 11.8 Å². The van der Waals surface area contributed by atoms with Crippen molar-refractivity contribution in [2.45, 2.75) is 11.8 Å². The third-order valence-corrected chi connectivity index (χ3v) is 4.06. The van der Waals surface area contributed by atoms with Crippen molar-refractivity contribution in [1.82, 2.24) is 0 Å². The van der Waals surface area contributed by atoms with Crippen molar-refractivity contribution in [2.75, 3.05) is 17.8 Å². The van der Waals surface area contributed by atoms with Gasteiger partial charge in [0.15, 0.2) is 0 Å². The first kappa shape index (κ1) is 11.1. The van der Waals surface area contributed by atoms with Crippen molar-refractivity contribution < 1.29 is 0 Å². The van der Waals surface area contributed by atoms with Crippen LogP contribution >= 0.6 is 34.4 Å². The van der Waals surface area contributed by atoms with Gasteiger partial charge in [0, 0.05) is 11.9 Å². The molecular formula is C9H13IN2S. The van der Waals surface area contributed by atoms with Crippen molar-refractivity contribution in [3.8, 4) is 0 Å². The van der Waals surface area contributed by atoms with Crippen molar-refractivity contribution in [2.24, 2.45) is 5.84 Å². The predicted molar refractivity (Wildman–Crippen MR) is 68.1 cm³/mol. The van der Waals surface area contributed by atoms with E-state index in [1.807, 2.05) is 30.9 Å². The summed E-state index contributed by atoms with van der Waals surface area (Å²) in [6, 6.07) is 6.20. The van der Waals surface area contributed by atoms with Crippen LogP contribution in [0.25, 0.3) is 0 Å². The summed E-state index contributed by atoms with van der Waals surface area (Å²) in [6.07, 6.45) is 0. The molecular weight excluding hydrogens is 295 g/mol. The minimum Gasteiger partial charge on any atom is -0.313 e. The van der Waals surface area contributed by atoms with Crippen molar-refractivity contribution in [3.05, 3.63) is 21.8 Å². The van der Waals surface area contributed by atoms with E-state index >= 15 is 0 Å². The van der Waals surface area contributed by atoms with Crippen molar-refractivity contribution in [3.63, 3.8) is 0 Å². The maximum absolute atomic E-state index is 5.70. The van der Waals surface area contributed by atoms with E-state index in [1.165, 1.54) is 8.47 Å². The van der Waals surface area contributed by atoms with Crippen LogP contribution in [0.15, 0.2) is 23.1 Å². The summed E-state index contributed by atoms with van der Waals surface area (Å²) in [4.78, 5) is 1.30. The molecule has 13 heavy (non-hydrogen) atoms. The van der Waals surface area contributed by atoms with Crippen molar-refractivity contribution in [1.29, 1.82) is 0 Å². The zero-order valence-corrected chi connectivity index (χ0v) is 10.7. The Morgan fingerprint density at radius 2 is 2.23 bits per heavy atom. The smallest absolute Gasteiger partial charge is 0.0658 e. The molecule has 0 aliphatic rings. The second-order valence-corrected chi connectivity index (χ2v) is 5.02. The van der Waals surface area contributed by atoms with Gasteiger partial charge in [0.2, 0.25) is 0 Å². The highest BCUT2D eigenvalue weighted by Gasteiger charge is 2.06. The first-order valence-electron chi connectivity index (χ1n) is 4.06. The van der Waals surface area contributed by atoms with Gasteiger partial charge in [-0.2, -0.15) is 0 Å². The molecule has 0 atom stereocenters. The van der Waals surface area contributed by atoms with E-state index in [0.717, 1.165) is 11.4 Å². The largest absolute Gasteiger partial charge is 0.313 e. The normalized spacial score (nSPS) is 10.2. The predicted octanol–water partition coefficient (Wildman–Crippen LogP) is 2.71. The van der Waals surface area contributed by atoms with Gasteiger partial charge >= 0.3 is 0 Å². The molecule has 2 nitrogen and oxygen atoms in total. The lowest BCUT2D eigenvalue weighted by atomic mass is 10.3. The highest BCUT2D eigenvalue weighted by atomic mass is 127. The Balaban J connectivity index is 3.03. The molecule has 2 N–H and O–H groups in total. The van der Waals surface area contributed by atoms with Gasteiger partial charge in [0.1, 0.15) is 0 Å². The fourth-order valence-electron chi connectivity index (χ4n) is 1.04. The van der Waals surface area contributed by atoms with Gasteiger partial charge in [-0.1, -0.05) is 13.0 Å². The summed E-state index contributed by atoms with van der Waals surface area (Å²) in [5, 5.41) is 1.65. The molecule has 0 bridgehead atoms. The number of nitrogens with zero attached hydrogens (tertiary/aromatic N) is 1. The molecule has 0 unspecified atom stereocenters. The highest BCUT2D eigenvalue weighted by Crippen LogP contribution is 2.30. The topological polar surface area (TPSA) is 29.3 Å². The standard InChI is InChI=1S/C9H13IN2S/c1-3-13-8-6-4-5-7(9(8)10)12(2)11/h4-6H,3,11H2,1-2H3. The molecule has 1 aromatic carbocycles. The second-order valence-electron chi connectivity index (χ2n) is 2.63. The summed E-state index contributed by atoms with van der Waals surface area (Å²) in [5.41, 5.74) is 1.08. The molecule has 1 aromatic rings. The van der Waals surface area contributed by atoms with Crippen LogP contribution in [0.3, 0.4) is 0 Å². The number of anilines is 1. The molecule has 0 aliphatic carbocycles. The van der Waals surface area contributed by atoms with Gasteiger partial charge < -0.3 is 5.01 Å². The van der Waals surface area contributed by atoms with E-state index in [0.29, 0.717) is 0 Å². The minimum absolute atomic E-state index is 1.08. The van der Waals surface area contributed by atoms with Crippen LogP contribution in [-0.4, -0.2) is 12.8 Å². The molecule has 1 rings (SSSR count). The van der Waals surface area contributed by atoms with E-state index in [1.54, 1.807) is 5.01 Å². The number of thioether (sulfide) groups is 1.